The third kappa shape index (κ3) is 3.36. The van der Waals surface area contributed by atoms with Crippen LogP contribution in [-0.2, 0) is 6.54 Å². The average molecular weight is 412 g/mol. The minimum atomic E-state index is 0.0864. The lowest BCUT2D eigenvalue weighted by atomic mass is 10.1. The maximum absolute atomic E-state index is 5.88. The first-order valence-electron chi connectivity index (χ1n) is 10.5. The van der Waals surface area contributed by atoms with Crippen molar-refractivity contribution in [2.75, 3.05) is 7.11 Å². The van der Waals surface area contributed by atoms with Crippen LogP contribution in [0.25, 0.3) is 33.1 Å². The molecule has 2 aromatic heterocycles. The Kier molecular flexibility index (Phi) is 4.74. The molecule has 0 saturated carbocycles. The summed E-state index contributed by atoms with van der Waals surface area (Å²) in [5.74, 6) is 1.49. The standard InChI is InChI=1S/C26H25N3O2/c1-16(2)31-22-13-12-18(14-23(22)30-4)15-29-25-17(3)8-7-9-19(25)24-26(29)28-21-11-6-5-10-20(21)27-24/h5-14,16H,15H2,1-4H3. The van der Waals surface area contributed by atoms with Gasteiger partial charge in [0.1, 0.15) is 5.52 Å². The van der Waals surface area contributed by atoms with Crippen molar-refractivity contribution >= 4 is 33.1 Å². The van der Waals surface area contributed by atoms with Crippen LogP contribution in [0, 0.1) is 6.92 Å². The number of aromatic nitrogens is 3. The predicted molar refractivity (Wildman–Crippen MR) is 125 cm³/mol. The number of hydrogen-bond donors (Lipinski definition) is 0. The number of fused-ring (bicyclic) bond motifs is 4. The minimum Gasteiger partial charge on any atom is -0.493 e. The van der Waals surface area contributed by atoms with Gasteiger partial charge in [0, 0.05) is 11.9 Å². The van der Waals surface area contributed by atoms with Crippen molar-refractivity contribution in [3.05, 3.63) is 71.8 Å². The Bertz CT molecular complexity index is 1420. The van der Waals surface area contributed by atoms with Gasteiger partial charge in [0.25, 0.3) is 0 Å². The van der Waals surface area contributed by atoms with Gasteiger partial charge in [0.05, 0.1) is 29.8 Å². The molecule has 31 heavy (non-hydrogen) atoms. The summed E-state index contributed by atoms with van der Waals surface area (Å²) in [6.45, 7) is 6.82. The molecular weight excluding hydrogens is 386 g/mol. The van der Waals surface area contributed by atoms with E-state index in [1.807, 2.05) is 50.2 Å². The summed E-state index contributed by atoms with van der Waals surface area (Å²) in [4.78, 5) is 9.96. The molecule has 5 heteroatoms. The first-order valence-corrected chi connectivity index (χ1v) is 10.5. The van der Waals surface area contributed by atoms with E-state index in [4.69, 9.17) is 19.4 Å². The Labute approximate surface area is 181 Å². The Morgan fingerprint density at radius 1 is 0.903 bits per heavy atom. The van der Waals surface area contributed by atoms with Crippen LogP contribution in [-0.4, -0.2) is 27.7 Å². The molecule has 0 radical (unpaired) electrons. The fourth-order valence-corrected chi connectivity index (χ4v) is 4.17. The monoisotopic (exact) mass is 411 g/mol. The molecule has 2 heterocycles. The van der Waals surface area contributed by atoms with Gasteiger partial charge in [0.15, 0.2) is 17.1 Å². The van der Waals surface area contributed by atoms with Crippen LogP contribution >= 0.6 is 0 Å². The lowest BCUT2D eigenvalue weighted by molar-refractivity contribution is 0.230. The molecule has 0 N–H and O–H groups in total. The SMILES string of the molecule is COc1cc(Cn2c3nc4ccccc4nc3c3cccc(C)c32)ccc1OC(C)C. The van der Waals surface area contributed by atoms with Gasteiger partial charge < -0.3 is 14.0 Å². The van der Waals surface area contributed by atoms with E-state index >= 15 is 0 Å². The maximum atomic E-state index is 5.88. The van der Waals surface area contributed by atoms with Gasteiger partial charge in [-0.15, -0.1) is 0 Å². The Morgan fingerprint density at radius 3 is 2.42 bits per heavy atom. The molecule has 0 saturated heterocycles. The van der Waals surface area contributed by atoms with Crippen LogP contribution in [0.15, 0.2) is 60.7 Å². The topological polar surface area (TPSA) is 49.2 Å². The molecule has 5 rings (SSSR count). The lowest BCUT2D eigenvalue weighted by Gasteiger charge is -2.15. The largest absolute Gasteiger partial charge is 0.493 e. The van der Waals surface area contributed by atoms with E-state index in [0.29, 0.717) is 6.54 Å². The number of methoxy groups -OCH3 is 1. The number of nitrogens with zero attached hydrogens (tertiary/aromatic N) is 3. The Morgan fingerprint density at radius 2 is 1.68 bits per heavy atom. The first kappa shape index (κ1) is 19.4. The number of rotatable bonds is 5. The minimum absolute atomic E-state index is 0.0864. The van der Waals surface area contributed by atoms with Crippen molar-refractivity contribution < 1.29 is 9.47 Å². The van der Waals surface area contributed by atoms with Crippen LogP contribution in [0.5, 0.6) is 11.5 Å². The molecular formula is C26H25N3O2. The summed E-state index contributed by atoms with van der Waals surface area (Å²) in [6, 6.07) is 20.5. The second-order valence-corrected chi connectivity index (χ2v) is 8.09. The molecule has 0 aliphatic carbocycles. The summed E-state index contributed by atoms with van der Waals surface area (Å²) in [5, 5.41) is 1.12. The molecule has 0 aliphatic heterocycles. The molecule has 5 aromatic rings. The first-order chi connectivity index (χ1) is 15.0. The fourth-order valence-electron chi connectivity index (χ4n) is 4.17. The number of para-hydroxylation sites is 3. The number of aryl methyl sites for hydroxylation is 1. The molecule has 0 atom stereocenters. The molecule has 0 bridgehead atoms. The zero-order valence-electron chi connectivity index (χ0n) is 18.2. The van der Waals surface area contributed by atoms with Gasteiger partial charge in [-0.3, -0.25) is 0 Å². The Hall–Kier alpha value is -3.60. The molecule has 0 fully saturated rings. The van der Waals surface area contributed by atoms with Crippen molar-refractivity contribution in [2.45, 2.75) is 33.4 Å². The quantitative estimate of drug-likeness (QED) is 0.362. The highest BCUT2D eigenvalue weighted by molar-refractivity contribution is 6.07. The van der Waals surface area contributed by atoms with Gasteiger partial charge >= 0.3 is 0 Å². The lowest BCUT2D eigenvalue weighted by Crippen LogP contribution is -2.07. The van der Waals surface area contributed by atoms with Crippen LogP contribution in [0.1, 0.15) is 25.0 Å². The van der Waals surface area contributed by atoms with E-state index in [1.54, 1.807) is 7.11 Å². The van der Waals surface area contributed by atoms with E-state index in [2.05, 4.69) is 35.8 Å². The number of hydrogen-bond acceptors (Lipinski definition) is 4. The van der Waals surface area contributed by atoms with Crippen molar-refractivity contribution in [1.82, 2.24) is 14.5 Å². The molecule has 5 nitrogen and oxygen atoms in total. The highest BCUT2D eigenvalue weighted by Crippen LogP contribution is 2.33. The summed E-state index contributed by atoms with van der Waals surface area (Å²) in [5.41, 5.74) is 7.11. The zero-order chi connectivity index (χ0) is 21.5. The highest BCUT2D eigenvalue weighted by atomic mass is 16.5. The van der Waals surface area contributed by atoms with Crippen LogP contribution in [0.2, 0.25) is 0 Å². The maximum Gasteiger partial charge on any atom is 0.161 e. The summed E-state index contributed by atoms with van der Waals surface area (Å²) in [6.07, 6.45) is 0.0864. The third-order valence-electron chi connectivity index (χ3n) is 5.50. The van der Waals surface area contributed by atoms with Gasteiger partial charge in [-0.1, -0.05) is 36.4 Å². The zero-order valence-corrected chi connectivity index (χ0v) is 18.2. The van der Waals surface area contributed by atoms with Crippen molar-refractivity contribution in [2.24, 2.45) is 0 Å². The molecule has 3 aromatic carbocycles. The van der Waals surface area contributed by atoms with E-state index in [-0.39, 0.29) is 6.10 Å². The van der Waals surface area contributed by atoms with Crippen molar-refractivity contribution in [3.8, 4) is 11.5 Å². The summed E-state index contributed by atoms with van der Waals surface area (Å²) in [7, 11) is 1.68. The van der Waals surface area contributed by atoms with Crippen molar-refractivity contribution in [3.63, 3.8) is 0 Å². The van der Waals surface area contributed by atoms with E-state index in [9.17, 15) is 0 Å². The normalized spacial score (nSPS) is 11.6. The third-order valence-corrected chi connectivity index (χ3v) is 5.50. The van der Waals surface area contributed by atoms with Gasteiger partial charge in [-0.2, -0.15) is 0 Å². The molecule has 0 unspecified atom stereocenters. The van der Waals surface area contributed by atoms with E-state index in [1.165, 1.54) is 5.56 Å². The molecule has 0 amide bonds. The van der Waals surface area contributed by atoms with Crippen LogP contribution in [0.3, 0.4) is 0 Å². The fraction of sp³-hybridized carbons (Fsp3) is 0.231. The second-order valence-electron chi connectivity index (χ2n) is 8.09. The highest BCUT2D eigenvalue weighted by Gasteiger charge is 2.17. The molecule has 156 valence electrons. The predicted octanol–water partition coefficient (Wildman–Crippen LogP) is 5.89. The Balaban J connectivity index is 1.71. The van der Waals surface area contributed by atoms with Crippen LogP contribution in [0.4, 0.5) is 0 Å². The van der Waals surface area contributed by atoms with Crippen LogP contribution < -0.4 is 9.47 Å². The smallest absolute Gasteiger partial charge is 0.161 e. The van der Waals surface area contributed by atoms with Gasteiger partial charge in [-0.05, 0) is 56.2 Å². The average Bonchev–Trinajstić information content (AvgIpc) is 3.06. The van der Waals surface area contributed by atoms with E-state index in [0.717, 1.165) is 50.2 Å². The second kappa shape index (κ2) is 7.58. The molecule has 0 spiro atoms. The van der Waals surface area contributed by atoms with Gasteiger partial charge in [-0.25, -0.2) is 9.97 Å². The van der Waals surface area contributed by atoms with E-state index < -0.39 is 0 Å². The molecule has 0 aliphatic rings. The van der Waals surface area contributed by atoms with Gasteiger partial charge in [0.2, 0.25) is 0 Å². The summed E-state index contributed by atoms with van der Waals surface area (Å²) < 4.78 is 13.7. The van der Waals surface area contributed by atoms with Crippen molar-refractivity contribution in [1.29, 1.82) is 0 Å². The number of ether oxygens (including phenoxy) is 2. The number of benzene rings is 3. The summed E-state index contributed by atoms with van der Waals surface area (Å²) >= 11 is 0.